The summed E-state index contributed by atoms with van der Waals surface area (Å²) in [5.41, 5.74) is 1.99. The van der Waals surface area contributed by atoms with E-state index in [-0.39, 0.29) is 5.82 Å². The van der Waals surface area contributed by atoms with Crippen molar-refractivity contribution in [3.05, 3.63) is 54.0 Å². The Morgan fingerprint density at radius 1 is 1.10 bits per heavy atom. The maximum atomic E-state index is 12.8. The summed E-state index contributed by atoms with van der Waals surface area (Å²) in [5.74, 6) is 0.765. The highest BCUT2D eigenvalue weighted by Crippen LogP contribution is 2.14. The van der Waals surface area contributed by atoms with Crippen LogP contribution in [-0.2, 0) is 11.3 Å². The van der Waals surface area contributed by atoms with Crippen molar-refractivity contribution in [2.75, 3.05) is 36.5 Å². The van der Waals surface area contributed by atoms with Crippen LogP contribution in [0.4, 0.5) is 15.9 Å². The first-order valence-electron chi connectivity index (χ1n) is 7.08. The number of aromatic nitrogens is 1. The predicted octanol–water partition coefficient (Wildman–Crippen LogP) is 2.67. The standard InChI is InChI=1S/C16H18FN3O/c17-14-2-4-15(5-3-14)18-11-13-1-6-16(19-12-13)20-7-9-21-10-8-20/h1-6,12,18H,7-11H2. The number of anilines is 2. The van der Waals surface area contributed by atoms with E-state index in [9.17, 15) is 4.39 Å². The molecule has 2 aromatic rings. The zero-order valence-corrected chi connectivity index (χ0v) is 11.8. The molecule has 1 N–H and O–H groups in total. The molecule has 1 saturated heterocycles. The van der Waals surface area contributed by atoms with Gasteiger partial charge >= 0.3 is 0 Å². The van der Waals surface area contributed by atoms with E-state index in [1.54, 1.807) is 12.1 Å². The van der Waals surface area contributed by atoms with E-state index in [0.717, 1.165) is 43.4 Å². The van der Waals surface area contributed by atoms with E-state index in [2.05, 4.69) is 21.3 Å². The Kier molecular flexibility index (Phi) is 4.31. The van der Waals surface area contributed by atoms with Crippen molar-refractivity contribution in [3.8, 4) is 0 Å². The molecule has 1 aromatic heterocycles. The molecule has 110 valence electrons. The summed E-state index contributed by atoms with van der Waals surface area (Å²) in [6, 6.07) is 10.4. The topological polar surface area (TPSA) is 37.4 Å². The van der Waals surface area contributed by atoms with Crippen LogP contribution in [0.3, 0.4) is 0 Å². The van der Waals surface area contributed by atoms with E-state index in [0.29, 0.717) is 6.54 Å². The lowest BCUT2D eigenvalue weighted by molar-refractivity contribution is 0.122. The fourth-order valence-corrected chi connectivity index (χ4v) is 2.27. The van der Waals surface area contributed by atoms with Crippen LogP contribution in [0.1, 0.15) is 5.56 Å². The number of halogens is 1. The lowest BCUT2D eigenvalue weighted by Crippen LogP contribution is -2.36. The Labute approximate surface area is 123 Å². The van der Waals surface area contributed by atoms with Gasteiger partial charge in [0.1, 0.15) is 11.6 Å². The predicted molar refractivity (Wildman–Crippen MR) is 81.0 cm³/mol. The summed E-state index contributed by atoms with van der Waals surface area (Å²) in [4.78, 5) is 6.72. The van der Waals surface area contributed by atoms with Crippen molar-refractivity contribution >= 4 is 11.5 Å². The van der Waals surface area contributed by atoms with Crippen LogP contribution in [0.15, 0.2) is 42.6 Å². The Morgan fingerprint density at radius 3 is 2.52 bits per heavy atom. The molecule has 21 heavy (non-hydrogen) atoms. The van der Waals surface area contributed by atoms with Gasteiger partial charge in [0, 0.05) is 31.5 Å². The molecule has 0 bridgehead atoms. The summed E-state index contributed by atoms with van der Waals surface area (Å²) in [6.45, 7) is 3.97. The number of hydrogen-bond acceptors (Lipinski definition) is 4. The zero-order valence-electron chi connectivity index (χ0n) is 11.8. The fraction of sp³-hybridized carbons (Fsp3) is 0.312. The number of hydrogen-bond donors (Lipinski definition) is 1. The average molecular weight is 287 g/mol. The van der Waals surface area contributed by atoms with Crippen molar-refractivity contribution in [1.29, 1.82) is 0 Å². The zero-order chi connectivity index (χ0) is 14.5. The number of morpholine rings is 1. The van der Waals surface area contributed by atoms with Gasteiger partial charge in [-0.05, 0) is 35.9 Å². The van der Waals surface area contributed by atoms with Gasteiger partial charge in [0.15, 0.2) is 0 Å². The molecule has 3 rings (SSSR count). The van der Waals surface area contributed by atoms with Crippen molar-refractivity contribution in [3.63, 3.8) is 0 Å². The van der Waals surface area contributed by atoms with Gasteiger partial charge in [-0.3, -0.25) is 0 Å². The summed E-state index contributed by atoms with van der Waals surface area (Å²) >= 11 is 0. The minimum atomic E-state index is -0.225. The van der Waals surface area contributed by atoms with Gasteiger partial charge in [0.25, 0.3) is 0 Å². The first-order chi connectivity index (χ1) is 10.3. The lowest BCUT2D eigenvalue weighted by Gasteiger charge is -2.27. The number of ether oxygens (including phenoxy) is 1. The average Bonchev–Trinajstić information content (AvgIpc) is 2.56. The second-order valence-electron chi connectivity index (χ2n) is 4.98. The van der Waals surface area contributed by atoms with Crippen LogP contribution in [0.2, 0.25) is 0 Å². The van der Waals surface area contributed by atoms with E-state index >= 15 is 0 Å². The van der Waals surface area contributed by atoms with Gasteiger partial charge in [0.05, 0.1) is 13.2 Å². The smallest absolute Gasteiger partial charge is 0.128 e. The minimum Gasteiger partial charge on any atom is -0.381 e. The van der Waals surface area contributed by atoms with Crippen molar-refractivity contribution in [2.24, 2.45) is 0 Å². The van der Waals surface area contributed by atoms with Crippen LogP contribution in [0, 0.1) is 5.82 Å². The first kappa shape index (κ1) is 13.8. The van der Waals surface area contributed by atoms with Gasteiger partial charge in [-0.25, -0.2) is 9.37 Å². The molecule has 0 saturated carbocycles. The molecule has 0 amide bonds. The van der Waals surface area contributed by atoms with Crippen molar-refractivity contribution in [2.45, 2.75) is 6.54 Å². The molecule has 5 heteroatoms. The van der Waals surface area contributed by atoms with Gasteiger partial charge in [0.2, 0.25) is 0 Å². The van der Waals surface area contributed by atoms with Gasteiger partial charge in [-0.15, -0.1) is 0 Å². The van der Waals surface area contributed by atoms with Crippen LogP contribution >= 0.6 is 0 Å². The number of nitrogens with one attached hydrogen (secondary N) is 1. The van der Waals surface area contributed by atoms with Gasteiger partial charge in [-0.2, -0.15) is 0 Å². The Balaban J connectivity index is 1.57. The summed E-state index contributed by atoms with van der Waals surface area (Å²) in [5, 5.41) is 3.25. The molecule has 1 aromatic carbocycles. The van der Waals surface area contributed by atoms with Crippen LogP contribution in [0.5, 0.6) is 0 Å². The monoisotopic (exact) mass is 287 g/mol. The largest absolute Gasteiger partial charge is 0.381 e. The van der Waals surface area contributed by atoms with E-state index in [1.165, 1.54) is 12.1 Å². The number of nitrogens with zero attached hydrogens (tertiary/aromatic N) is 2. The molecular weight excluding hydrogens is 269 g/mol. The number of benzene rings is 1. The quantitative estimate of drug-likeness (QED) is 0.938. The molecule has 0 spiro atoms. The highest BCUT2D eigenvalue weighted by molar-refractivity contribution is 5.44. The highest BCUT2D eigenvalue weighted by Gasteiger charge is 2.11. The van der Waals surface area contributed by atoms with Gasteiger partial charge < -0.3 is 15.0 Å². The molecule has 0 aliphatic carbocycles. The van der Waals surface area contributed by atoms with Crippen LogP contribution in [-0.4, -0.2) is 31.3 Å². The normalized spacial score (nSPS) is 15.0. The van der Waals surface area contributed by atoms with Crippen LogP contribution < -0.4 is 10.2 Å². The molecule has 4 nitrogen and oxygen atoms in total. The molecule has 1 aliphatic heterocycles. The molecule has 0 unspecified atom stereocenters. The molecule has 0 atom stereocenters. The third-order valence-electron chi connectivity index (χ3n) is 3.49. The molecular formula is C16H18FN3O. The number of pyridine rings is 1. The lowest BCUT2D eigenvalue weighted by atomic mass is 10.2. The van der Waals surface area contributed by atoms with Gasteiger partial charge in [-0.1, -0.05) is 6.07 Å². The SMILES string of the molecule is Fc1ccc(NCc2ccc(N3CCOCC3)nc2)cc1. The second-order valence-corrected chi connectivity index (χ2v) is 4.98. The molecule has 1 aliphatic rings. The second kappa shape index (κ2) is 6.54. The minimum absolute atomic E-state index is 0.225. The number of rotatable bonds is 4. The Bertz CT molecular complexity index is 565. The maximum Gasteiger partial charge on any atom is 0.128 e. The van der Waals surface area contributed by atoms with Crippen molar-refractivity contribution in [1.82, 2.24) is 4.98 Å². The van der Waals surface area contributed by atoms with E-state index < -0.39 is 0 Å². The summed E-state index contributed by atoms with van der Waals surface area (Å²) in [7, 11) is 0. The molecule has 2 heterocycles. The van der Waals surface area contributed by atoms with E-state index in [1.807, 2.05) is 12.3 Å². The molecule has 0 radical (unpaired) electrons. The third kappa shape index (κ3) is 3.70. The fourth-order valence-electron chi connectivity index (χ4n) is 2.27. The maximum absolute atomic E-state index is 12.8. The van der Waals surface area contributed by atoms with E-state index in [4.69, 9.17) is 4.74 Å². The highest BCUT2D eigenvalue weighted by atomic mass is 19.1. The molecule has 1 fully saturated rings. The summed E-state index contributed by atoms with van der Waals surface area (Å²) < 4.78 is 18.2. The van der Waals surface area contributed by atoms with Crippen molar-refractivity contribution < 1.29 is 9.13 Å². The van der Waals surface area contributed by atoms with Crippen LogP contribution in [0.25, 0.3) is 0 Å². The first-order valence-corrected chi connectivity index (χ1v) is 7.08. The third-order valence-corrected chi connectivity index (χ3v) is 3.49. The Hall–Kier alpha value is -2.14. The Morgan fingerprint density at radius 2 is 1.86 bits per heavy atom. The summed E-state index contributed by atoms with van der Waals surface area (Å²) in [6.07, 6.45) is 1.88.